The Morgan fingerprint density at radius 3 is 2.52 bits per heavy atom. The molecular weight excluding hydrogens is 410 g/mol. The van der Waals surface area contributed by atoms with Crippen LogP contribution in [0.15, 0.2) is 72.4 Å². The molecule has 2 N–H and O–H groups in total. The molecule has 0 radical (unpaired) electrons. The minimum atomic E-state index is -0.184. The van der Waals surface area contributed by atoms with Crippen LogP contribution in [0.4, 0.5) is 5.69 Å². The zero-order valence-corrected chi connectivity index (χ0v) is 18.2. The molecule has 0 aliphatic rings. The molecule has 0 bridgehead atoms. The quantitative estimate of drug-likeness (QED) is 0.375. The molecule has 3 rings (SSSR count). The van der Waals surface area contributed by atoms with E-state index in [9.17, 15) is 9.59 Å². The maximum atomic E-state index is 12.3. The van der Waals surface area contributed by atoms with E-state index in [0.29, 0.717) is 23.1 Å². The predicted octanol–water partition coefficient (Wildman–Crippen LogP) is 3.69. The minimum Gasteiger partial charge on any atom is -0.345 e. The van der Waals surface area contributed by atoms with E-state index in [1.807, 2.05) is 47.0 Å². The van der Waals surface area contributed by atoms with Crippen molar-refractivity contribution in [2.75, 3.05) is 11.1 Å². The number of nitrogens with one attached hydrogen (secondary N) is 2. The predicted molar refractivity (Wildman–Crippen MR) is 123 cm³/mol. The highest BCUT2D eigenvalue weighted by Gasteiger charge is 2.15. The molecule has 0 spiro atoms. The number of nitrogens with zero attached hydrogens (tertiary/aromatic N) is 3. The van der Waals surface area contributed by atoms with Gasteiger partial charge in [0.15, 0.2) is 11.0 Å². The van der Waals surface area contributed by atoms with Crippen LogP contribution in [-0.2, 0) is 24.3 Å². The molecule has 31 heavy (non-hydrogen) atoms. The lowest BCUT2D eigenvalue weighted by Gasteiger charge is -2.09. The topological polar surface area (TPSA) is 88.9 Å². The number of hydrogen-bond acceptors (Lipinski definition) is 5. The molecule has 2 aromatic carbocycles. The molecule has 0 saturated heterocycles. The smallest absolute Gasteiger partial charge is 0.251 e. The first-order valence-corrected chi connectivity index (χ1v) is 11.0. The largest absolute Gasteiger partial charge is 0.345 e. The number of aromatic nitrogens is 3. The molecule has 2 amide bonds. The second-order valence-corrected chi connectivity index (χ2v) is 7.68. The van der Waals surface area contributed by atoms with Gasteiger partial charge in [-0.2, -0.15) is 0 Å². The van der Waals surface area contributed by atoms with E-state index in [1.54, 1.807) is 18.2 Å². The Bertz CT molecular complexity index is 1030. The zero-order chi connectivity index (χ0) is 22.1. The van der Waals surface area contributed by atoms with Gasteiger partial charge in [0.2, 0.25) is 5.91 Å². The lowest BCUT2D eigenvalue weighted by Crippen LogP contribution is -2.24. The van der Waals surface area contributed by atoms with Gasteiger partial charge in [-0.15, -0.1) is 16.8 Å². The Hall–Kier alpha value is -3.39. The molecule has 160 valence electrons. The summed E-state index contributed by atoms with van der Waals surface area (Å²) in [6, 6.07) is 16.8. The molecule has 0 aliphatic carbocycles. The summed E-state index contributed by atoms with van der Waals surface area (Å²) in [5.41, 5.74) is 2.56. The van der Waals surface area contributed by atoms with Gasteiger partial charge in [0, 0.05) is 17.8 Å². The minimum absolute atomic E-state index is 0.124. The molecule has 0 unspecified atom stereocenters. The summed E-state index contributed by atoms with van der Waals surface area (Å²) >= 11 is 1.29. The molecule has 0 aliphatic heterocycles. The lowest BCUT2D eigenvalue weighted by molar-refractivity contribution is -0.113. The number of rotatable bonds is 10. The van der Waals surface area contributed by atoms with Crippen molar-refractivity contribution >= 4 is 29.3 Å². The van der Waals surface area contributed by atoms with Crippen LogP contribution in [0.5, 0.6) is 0 Å². The first-order chi connectivity index (χ1) is 15.1. The monoisotopic (exact) mass is 435 g/mol. The first kappa shape index (κ1) is 22.3. The van der Waals surface area contributed by atoms with Gasteiger partial charge in [0.25, 0.3) is 5.91 Å². The van der Waals surface area contributed by atoms with Crippen molar-refractivity contribution in [1.82, 2.24) is 20.1 Å². The number of thioether (sulfide) groups is 1. The molecule has 1 heterocycles. The summed E-state index contributed by atoms with van der Waals surface area (Å²) in [5.74, 6) is 0.487. The van der Waals surface area contributed by atoms with E-state index in [0.717, 1.165) is 12.1 Å². The Kier molecular flexibility index (Phi) is 8.00. The highest BCUT2D eigenvalue weighted by Crippen LogP contribution is 2.18. The third-order valence-electron chi connectivity index (χ3n) is 4.53. The number of allylic oxidation sites excluding steroid dienone is 1. The average Bonchev–Trinajstić information content (AvgIpc) is 3.19. The van der Waals surface area contributed by atoms with Crippen LogP contribution in [-0.4, -0.2) is 32.3 Å². The molecule has 7 nitrogen and oxygen atoms in total. The van der Waals surface area contributed by atoms with Crippen molar-refractivity contribution in [3.05, 3.63) is 84.2 Å². The number of carbonyl (C=O) groups is 2. The second kappa shape index (κ2) is 11.1. The number of aryl methyl sites for hydroxylation is 1. The fourth-order valence-electron chi connectivity index (χ4n) is 2.87. The lowest BCUT2D eigenvalue weighted by atomic mass is 10.1. The Balaban J connectivity index is 1.58. The van der Waals surface area contributed by atoms with Crippen LogP contribution < -0.4 is 10.6 Å². The third kappa shape index (κ3) is 6.29. The summed E-state index contributed by atoms with van der Waals surface area (Å²) in [4.78, 5) is 24.6. The normalized spacial score (nSPS) is 10.5. The Labute approximate surface area is 186 Å². The number of carbonyl (C=O) groups excluding carboxylic acids is 2. The SMILES string of the molecule is C=CCn1c(CNC(=O)c2ccccc2)nnc1SCC(=O)Nc1ccc(CC)cc1. The van der Waals surface area contributed by atoms with Gasteiger partial charge >= 0.3 is 0 Å². The van der Waals surface area contributed by atoms with E-state index in [4.69, 9.17) is 0 Å². The van der Waals surface area contributed by atoms with Crippen molar-refractivity contribution in [3.8, 4) is 0 Å². The van der Waals surface area contributed by atoms with Gasteiger partial charge in [-0.05, 0) is 36.2 Å². The van der Waals surface area contributed by atoms with Crippen LogP contribution in [0.25, 0.3) is 0 Å². The Morgan fingerprint density at radius 1 is 1.10 bits per heavy atom. The van der Waals surface area contributed by atoms with Crippen molar-refractivity contribution < 1.29 is 9.59 Å². The third-order valence-corrected chi connectivity index (χ3v) is 5.49. The van der Waals surface area contributed by atoms with E-state index in [-0.39, 0.29) is 24.1 Å². The van der Waals surface area contributed by atoms with Gasteiger partial charge in [0.05, 0.1) is 12.3 Å². The van der Waals surface area contributed by atoms with Crippen LogP contribution in [0.3, 0.4) is 0 Å². The number of benzene rings is 2. The summed E-state index contributed by atoms with van der Waals surface area (Å²) in [6.07, 6.45) is 2.68. The highest BCUT2D eigenvalue weighted by molar-refractivity contribution is 7.99. The fraction of sp³-hybridized carbons (Fsp3) is 0.217. The summed E-state index contributed by atoms with van der Waals surface area (Å²) in [7, 11) is 0. The maximum absolute atomic E-state index is 12.3. The highest BCUT2D eigenvalue weighted by atomic mass is 32.2. The molecule has 0 saturated carbocycles. The van der Waals surface area contributed by atoms with Gasteiger partial charge < -0.3 is 15.2 Å². The molecule has 0 atom stereocenters. The van der Waals surface area contributed by atoms with Crippen LogP contribution in [0, 0.1) is 0 Å². The van der Waals surface area contributed by atoms with E-state index >= 15 is 0 Å². The second-order valence-electron chi connectivity index (χ2n) is 6.73. The molecule has 1 aromatic heterocycles. The average molecular weight is 436 g/mol. The van der Waals surface area contributed by atoms with E-state index in [2.05, 4.69) is 34.3 Å². The van der Waals surface area contributed by atoms with Crippen LogP contribution in [0.1, 0.15) is 28.7 Å². The first-order valence-electron chi connectivity index (χ1n) is 9.98. The van der Waals surface area contributed by atoms with Crippen molar-refractivity contribution in [3.63, 3.8) is 0 Å². The van der Waals surface area contributed by atoms with Gasteiger partial charge in [-0.25, -0.2) is 0 Å². The van der Waals surface area contributed by atoms with Crippen LogP contribution in [0.2, 0.25) is 0 Å². The maximum Gasteiger partial charge on any atom is 0.251 e. The van der Waals surface area contributed by atoms with Crippen molar-refractivity contribution in [1.29, 1.82) is 0 Å². The number of amides is 2. The standard InChI is InChI=1S/C23H25N5O2S/c1-3-14-28-20(15-24-22(30)18-8-6-5-7-9-18)26-27-23(28)31-16-21(29)25-19-12-10-17(4-2)11-13-19/h3,5-13H,1,4,14-16H2,2H3,(H,24,30)(H,25,29). The fourth-order valence-corrected chi connectivity index (χ4v) is 3.64. The number of anilines is 1. The zero-order valence-electron chi connectivity index (χ0n) is 17.4. The summed E-state index contributed by atoms with van der Waals surface area (Å²) < 4.78 is 1.84. The van der Waals surface area contributed by atoms with Crippen molar-refractivity contribution in [2.24, 2.45) is 0 Å². The molecule has 8 heteroatoms. The van der Waals surface area contributed by atoms with E-state index in [1.165, 1.54) is 17.3 Å². The summed E-state index contributed by atoms with van der Waals surface area (Å²) in [6.45, 7) is 6.57. The Morgan fingerprint density at radius 2 is 1.84 bits per heavy atom. The molecule has 0 fully saturated rings. The number of hydrogen-bond donors (Lipinski definition) is 2. The molecular formula is C23H25N5O2S. The van der Waals surface area contributed by atoms with Gasteiger partial charge in [-0.1, -0.05) is 55.1 Å². The van der Waals surface area contributed by atoms with Gasteiger partial charge in [0.1, 0.15) is 0 Å². The van der Waals surface area contributed by atoms with Crippen LogP contribution >= 0.6 is 11.8 Å². The van der Waals surface area contributed by atoms with Gasteiger partial charge in [-0.3, -0.25) is 9.59 Å². The van der Waals surface area contributed by atoms with E-state index < -0.39 is 0 Å². The summed E-state index contributed by atoms with van der Waals surface area (Å²) in [5, 5.41) is 14.7. The molecule has 3 aromatic rings. The van der Waals surface area contributed by atoms with Crippen molar-refractivity contribution in [2.45, 2.75) is 31.6 Å².